The molecule has 0 heterocycles. The number of unbranched alkanes of at least 4 members (excludes halogenated alkanes) is 1. The lowest BCUT2D eigenvalue weighted by Crippen LogP contribution is -1.92. The van der Waals surface area contributed by atoms with Crippen molar-refractivity contribution in [3.05, 3.63) is 27.9 Å². The van der Waals surface area contributed by atoms with Crippen LogP contribution in [0, 0.1) is 0 Å². The standard InChI is InChI=1S/C11H14O5/c12-6-2-1-3-7-4-5-8(13)10(15)11(16)9(7)14/h4-5,12H,1-3,6H2,(H3,13,14,15,16). The molecule has 0 amide bonds. The molecule has 0 unspecified atom stereocenters. The van der Waals surface area contributed by atoms with Gasteiger partial charge in [-0.1, -0.05) is 6.07 Å². The van der Waals surface area contributed by atoms with E-state index in [0.717, 1.165) is 6.07 Å². The average molecular weight is 226 g/mol. The smallest absolute Gasteiger partial charge is 0.224 e. The number of aryl methyl sites for hydroxylation is 1. The molecule has 88 valence electrons. The van der Waals surface area contributed by atoms with E-state index in [0.29, 0.717) is 24.8 Å². The Bertz CT molecular complexity index is 428. The van der Waals surface area contributed by atoms with Gasteiger partial charge in [0.15, 0.2) is 5.75 Å². The molecule has 0 atom stereocenters. The average Bonchev–Trinajstić information content (AvgIpc) is 2.37. The van der Waals surface area contributed by atoms with Gasteiger partial charge in [0.1, 0.15) is 0 Å². The Morgan fingerprint density at radius 1 is 0.938 bits per heavy atom. The molecular formula is C11H14O5. The first-order chi connectivity index (χ1) is 7.57. The lowest BCUT2D eigenvalue weighted by molar-refractivity contribution is 0.284. The van der Waals surface area contributed by atoms with Crippen LogP contribution in [0.15, 0.2) is 16.9 Å². The van der Waals surface area contributed by atoms with Crippen molar-refractivity contribution in [3.8, 4) is 17.2 Å². The molecule has 4 N–H and O–H groups in total. The fourth-order valence-corrected chi connectivity index (χ4v) is 1.34. The van der Waals surface area contributed by atoms with Crippen LogP contribution in [0.2, 0.25) is 0 Å². The number of hydrogen-bond acceptors (Lipinski definition) is 5. The molecule has 1 rings (SSSR count). The molecule has 0 saturated heterocycles. The number of aromatic hydroxyl groups is 3. The molecule has 0 saturated carbocycles. The van der Waals surface area contributed by atoms with Crippen LogP contribution in [-0.4, -0.2) is 27.0 Å². The Morgan fingerprint density at radius 2 is 1.62 bits per heavy atom. The molecule has 0 radical (unpaired) electrons. The van der Waals surface area contributed by atoms with Crippen LogP contribution in [0.3, 0.4) is 0 Å². The predicted molar refractivity (Wildman–Crippen MR) is 57.7 cm³/mol. The molecule has 1 aromatic carbocycles. The Hall–Kier alpha value is -1.75. The van der Waals surface area contributed by atoms with Gasteiger partial charge in [0.05, 0.1) is 0 Å². The van der Waals surface area contributed by atoms with Crippen molar-refractivity contribution in [2.75, 3.05) is 6.61 Å². The summed E-state index contributed by atoms with van der Waals surface area (Å²) < 4.78 is 0. The second-order valence-corrected chi connectivity index (χ2v) is 3.45. The molecule has 0 aliphatic rings. The molecule has 0 aliphatic carbocycles. The number of rotatable bonds is 4. The summed E-state index contributed by atoms with van der Waals surface area (Å²) in [5.74, 6) is -2.14. The van der Waals surface area contributed by atoms with Gasteiger partial charge in [-0.25, -0.2) is 0 Å². The van der Waals surface area contributed by atoms with E-state index in [1.165, 1.54) is 6.07 Å². The summed E-state index contributed by atoms with van der Waals surface area (Å²) in [7, 11) is 0. The summed E-state index contributed by atoms with van der Waals surface area (Å²) in [4.78, 5) is 11.1. The minimum Gasteiger partial charge on any atom is -0.504 e. The van der Waals surface area contributed by atoms with Crippen molar-refractivity contribution in [2.45, 2.75) is 19.3 Å². The minimum atomic E-state index is -0.856. The second kappa shape index (κ2) is 5.37. The van der Waals surface area contributed by atoms with E-state index in [2.05, 4.69) is 0 Å². The molecule has 0 fully saturated rings. The van der Waals surface area contributed by atoms with E-state index in [1.54, 1.807) is 0 Å². The van der Waals surface area contributed by atoms with Gasteiger partial charge in [-0.15, -0.1) is 0 Å². The number of hydrogen-bond donors (Lipinski definition) is 4. The van der Waals surface area contributed by atoms with E-state index in [-0.39, 0.29) is 6.61 Å². The Labute approximate surface area is 92.2 Å². The monoisotopic (exact) mass is 226 g/mol. The van der Waals surface area contributed by atoms with Crippen molar-refractivity contribution >= 4 is 0 Å². The zero-order valence-corrected chi connectivity index (χ0v) is 8.68. The lowest BCUT2D eigenvalue weighted by atomic mass is 10.1. The summed E-state index contributed by atoms with van der Waals surface area (Å²) in [6, 6.07) is 2.44. The molecule has 16 heavy (non-hydrogen) atoms. The molecule has 0 aromatic heterocycles. The van der Waals surface area contributed by atoms with Gasteiger partial charge in [0, 0.05) is 6.61 Å². The van der Waals surface area contributed by atoms with Crippen molar-refractivity contribution in [2.24, 2.45) is 0 Å². The fourth-order valence-electron chi connectivity index (χ4n) is 1.34. The highest BCUT2D eigenvalue weighted by atomic mass is 16.3. The van der Waals surface area contributed by atoms with E-state index < -0.39 is 22.7 Å². The third-order valence-corrected chi connectivity index (χ3v) is 2.28. The maximum Gasteiger partial charge on any atom is 0.224 e. The first-order valence-electron chi connectivity index (χ1n) is 4.96. The molecule has 0 bridgehead atoms. The topological polar surface area (TPSA) is 98.0 Å². The number of aliphatic hydroxyl groups excluding tert-OH is 1. The van der Waals surface area contributed by atoms with Crippen LogP contribution in [0.25, 0.3) is 0 Å². The van der Waals surface area contributed by atoms with Crippen molar-refractivity contribution in [1.82, 2.24) is 0 Å². The lowest BCUT2D eigenvalue weighted by Gasteiger charge is -2.01. The predicted octanol–water partition coefficient (Wildman–Crippen LogP) is 0.479. The summed E-state index contributed by atoms with van der Waals surface area (Å²) in [5.41, 5.74) is -0.385. The second-order valence-electron chi connectivity index (χ2n) is 3.45. The molecule has 5 nitrogen and oxygen atoms in total. The van der Waals surface area contributed by atoms with Gasteiger partial charge in [-0.05, 0) is 30.9 Å². The molecule has 0 aliphatic heterocycles. The third kappa shape index (κ3) is 2.64. The minimum absolute atomic E-state index is 0.0454. The summed E-state index contributed by atoms with van der Waals surface area (Å²) >= 11 is 0. The van der Waals surface area contributed by atoms with E-state index >= 15 is 0 Å². The van der Waals surface area contributed by atoms with Gasteiger partial charge in [-0.2, -0.15) is 0 Å². The fraction of sp³-hybridized carbons (Fsp3) is 0.364. The van der Waals surface area contributed by atoms with Gasteiger partial charge < -0.3 is 20.4 Å². The maximum absolute atomic E-state index is 11.1. The van der Waals surface area contributed by atoms with Gasteiger partial charge in [-0.3, -0.25) is 4.79 Å². The zero-order valence-electron chi connectivity index (χ0n) is 8.68. The first kappa shape index (κ1) is 12.3. The Kier molecular flexibility index (Phi) is 4.13. The zero-order chi connectivity index (χ0) is 12.1. The highest BCUT2D eigenvalue weighted by Gasteiger charge is 2.11. The van der Waals surface area contributed by atoms with Crippen molar-refractivity contribution in [3.63, 3.8) is 0 Å². The van der Waals surface area contributed by atoms with Crippen LogP contribution >= 0.6 is 0 Å². The van der Waals surface area contributed by atoms with Crippen molar-refractivity contribution in [1.29, 1.82) is 0 Å². The van der Waals surface area contributed by atoms with E-state index in [1.807, 2.05) is 0 Å². The normalized spacial score (nSPS) is 10.3. The summed E-state index contributed by atoms with van der Waals surface area (Å²) in [6.07, 6.45) is 1.59. The summed E-state index contributed by atoms with van der Waals surface area (Å²) in [5, 5.41) is 36.7. The van der Waals surface area contributed by atoms with Crippen LogP contribution in [0.4, 0.5) is 0 Å². The number of aliphatic hydroxyl groups is 1. The van der Waals surface area contributed by atoms with Crippen LogP contribution in [0.5, 0.6) is 17.2 Å². The van der Waals surface area contributed by atoms with E-state index in [4.69, 9.17) is 5.11 Å². The van der Waals surface area contributed by atoms with E-state index in [9.17, 15) is 20.1 Å². The van der Waals surface area contributed by atoms with Crippen molar-refractivity contribution < 1.29 is 20.4 Å². The summed E-state index contributed by atoms with van der Waals surface area (Å²) in [6.45, 7) is 0.0454. The largest absolute Gasteiger partial charge is 0.504 e. The van der Waals surface area contributed by atoms with Gasteiger partial charge in [0.25, 0.3) is 0 Å². The quantitative estimate of drug-likeness (QED) is 0.560. The molecule has 5 heteroatoms. The van der Waals surface area contributed by atoms with Crippen LogP contribution in [0.1, 0.15) is 18.4 Å². The highest BCUT2D eigenvalue weighted by Crippen LogP contribution is 2.33. The SMILES string of the molecule is O=c1ccc(CCCCO)c(O)c(O)c1O. The molecule has 1 aromatic rings. The van der Waals surface area contributed by atoms with Crippen LogP contribution < -0.4 is 5.43 Å². The maximum atomic E-state index is 11.1. The highest BCUT2D eigenvalue weighted by molar-refractivity contribution is 5.51. The van der Waals surface area contributed by atoms with Gasteiger partial charge >= 0.3 is 0 Å². The molecule has 0 spiro atoms. The Morgan fingerprint density at radius 3 is 2.25 bits per heavy atom. The first-order valence-corrected chi connectivity index (χ1v) is 4.96. The molecular weight excluding hydrogens is 212 g/mol. The Balaban J connectivity index is 3.08. The van der Waals surface area contributed by atoms with Crippen LogP contribution in [-0.2, 0) is 6.42 Å². The van der Waals surface area contributed by atoms with Gasteiger partial charge in [0.2, 0.25) is 16.9 Å². The third-order valence-electron chi connectivity index (χ3n) is 2.28.